The number of aryl methyl sites for hydroxylation is 2. The van der Waals surface area contributed by atoms with Crippen molar-refractivity contribution in [3.8, 4) is 5.75 Å². The maximum absolute atomic E-state index is 10.5. The van der Waals surface area contributed by atoms with Gasteiger partial charge in [-0.1, -0.05) is 18.7 Å². The van der Waals surface area contributed by atoms with E-state index in [1.54, 1.807) is 0 Å². The number of carboxylic acids is 1. The third-order valence-electron chi connectivity index (χ3n) is 2.05. The van der Waals surface area contributed by atoms with Crippen LogP contribution in [0.4, 0.5) is 0 Å². The second-order valence-corrected chi connectivity index (χ2v) is 3.47. The van der Waals surface area contributed by atoms with Crippen LogP contribution in [0.5, 0.6) is 5.75 Å². The molecule has 0 spiro atoms. The van der Waals surface area contributed by atoms with Gasteiger partial charge in [0.1, 0.15) is 12.4 Å². The van der Waals surface area contributed by atoms with Crippen LogP contribution in [-0.2, 0) is 4.79 Å². The zero-order chi connectivity index (χ0) is 11.4. The Morgan fingerprint density at radius 3 is 2.73 bits per heavy atom. The number of carbonyl (C=O) groups is 1. The summed E-state index contributed by atoms with van der Waals surface area (Å²) >= 11 is 0. The van der Waals surface area contributed by atoms with E-state index in [2.05, 4.69) is 6.58 Å². The lowest BCUT2D eigenvalue weighted by Crippen LogP contribution is -2.09. The van der Waals surface area contributed by atoms with Gasteiger partial charge >= 0.3 is 5.97 Å². The molecule has 15 heavy (non-hydrogen) atoms. The number of ether oxygens (including phenoxy) is 1. The van der Waals surface area contributed by atoms with Crippen molar-refractivity contribution >= 4 is 5.97 Å². The predicted octanol–water partition coefficient (Wildman–Crippen LogP) is 2.32. The summed E-state index contributed by atoms with van der Waals surface area (Å²) in [6, 6.07) is 5.80. The molecule has 0 saturated heterocycles. The predicted molar refractivity (Wildman–Crippen MR) is 58.2 cm³/mol. The first-order valence-electron chi connectivity index (χ1n) is 4.62. The molecule has 0 amide bonds. The van der Waals surface area contributed by atoms with Gasteiger partial charge in [0.25, 0.3) is 0 Å². The van der Waals surface area contributed by atoms with Crippen molar-refractivity contribution < 1.29 is 14.6 Å². The fourth-order valence-corrected chi connectivity index (χ4v) is 1.09. The number of aliphatic carboxylic acids is 1. The smallest absolute Gasteiger partial charge is 0.334 e. The van der Waals surface area contributed by atoms with Crippen LogP contribution in [0.15, 0.2) is 30.4 Å². The highest BCUT2D eigenvalue weighted by Gasteiger charge is 2.06. The minimum atomic E-state index is -1.03. The maximum Gasteiger partial charge on any atom is 0.334 e. The largest absolute Gasteiger partial charge is 0.488 e. The molecule has 0 unspecified atom stereocenters. The molecule has 1 aromatic carbocycles. The first kappa shape index (κ1) is 11.3. The number of hydrogen-bond donors (Lipinski definition) is 1. The first-order chi connectivity index (χ1) is 7.00. The summed E-state index contributed by atoms with van der Waals surface area (Å²) in [6.45, 7) is 7.28. The molecule has 3 heteroatoms. The zero-order valence-electron chi connectivity index (χ0n) is 8.91. The van der Waals surface area contributed by atoms with E-state index in [1.807, 2.05) is 32.0 Å². The van der Waals surface area contributed by atoms with Crippen molar-refractivity contribution in [2.24, 2.45) is 0 Å². The van der Waals surface area contributed by atoms with Crippen LogP contribution in [0.3, 0.4) is 0 Å². The normalized spacial score (nSPS) is 9.73. The quantitative estimate of drug-likeness (QED) is 0.769. The summed E-state index contributed by atoms with van der Waals surface area (Å²) in [5.41, 5.74) is 2.12. The SMILES string of the molecule is C=C(COc1cc(C)ccc1C)C(=O)O. The Bertz CT molecular complexity index is 394. The van der Waals surface area contributed by atoms with Crippen LogP contribution >= 0.6 is 0 Å². The molecule has 0 aromatic heterocycles. The molecule has 3 nitrogen and oxygen atoms in total. The van der Waals surface area contributed by atoms with Crippen LogP contribution in [0.25, 0.3) is 0 Å². The first-order valence-corrected chi connectivity index (χ1v) is 4.62. The number of rotatable bonds is 4. The van der Waals surface area contributed by atoms with Crippen LogP contribution in [0.2, 0.25) is 0 Å². The van der Waals surface area contributed by atoms with Crippen LogP contribution < -0.4 is 4.74 Å². The van der Waals surface area contributed by atoms with Gasteiger partial charge in [-0.3, -0.25) is 0 Å². The van der Waals surface area contributed by atoms with Crippen molar-refractivity contribution in [1.82, 2.24) is 0 Å². The Labute approximate surface area is 89.0 Å². The van der Waals surface area contributed by atoms with E-state index in [-0.39, 0.29) is 12.2 Å². The highest BCUT2D eigenvalue weighted by atomic mass is 16.5. The molecule has 1 rings (SSSR count). The molecule has 0 radical (unpaired) electrons. The summed E-state index contributed by atoms with van der Waals surface area (Å²) in [4.78, 5) is 10.5. The van der Waals surface area contributed by atoms with Gasteiger partial charge in [0, 0.05) is 0 Å². The van der Waals surface area contributed by atoms with E-state index in [0.717, 1.165) is 11.1 Å². The Balaban J connectivity index is 2.69. The van der Waals surface area contributed by atoms with E-state index in [1.165, 1.54) is 0 Å². The fourth-order valence-electron chi connectivity index (χ4n) is 1.09. The molecule has 0 aliphatic carbocycles. The van der Waals surface area contributed by atoms with Crippen molar-refractivity contribution in [2.75, 3.05) is 6.61 Å². The van der Waals surface area contributed by atoms with Gasteiger partial charge in [-0.2, -0.15) is 0 Å². The summed E-state index contributed by atoms with van der Waals surface area (Å²) in [6.07, 6.45) is 0. The van der Waals surface area contributed by atoms with E-state index in [0.29, 0.717) is 5.75 Å². The van der Waals surface area contributed by atoms with Crippen molar-refractivity contribution in [3.63, 3.8) is 0 Å². The molecule has 80 valence electrons. The van der Waals surface area contributed by atoms with Gasteiger partial charge in [0.05, 0.1) is 5.57 Å². The lowest BCUT2D eigenvalue weighted by atomic mass is 10.1. The molecule has 0 bridgehead atoms. The molecule has 1 N–H and O–H groups in total. The number of benzene rings is 1. The van der Waals surface area contributed by atoms with E-state index < -0.39 is 5.97 Å². The van der Waals surface area contributed by atoms with Crippen LogP contribution in [0, 0.1) is 13.8 Å². The molecule has 0 atom stereocenters. The van der Waals surface area contributed by atoms with Crippen LogP contribution in [0.1, 0.15) is 11.1 Å². The highest BCUT2D eigenvalue weighted by molar-refractivity contribution is 5.86. The van der Waals surface area contributed by atoms with Gasteiger partial charge in [-0.15, -0.1) is 0 Å². The summed E-state index contributed by atoms with van der Waals surface area (Å²) < 4.78 is 5.36. The van der Waals surface area contributed by atoms with Crippen molar-refractivity contribution in [2.45, 2.75) is 13.8 Å². The molecule has 0 fully saturated rings. The maximum atomic E-state index is 10.5. The van der Waals surface area contributed by atoms with Gasteiger partial charge in [-0.25, -0.2) is 4.79 Å². The summed E-state index contributed by atoms with van der Waals surface area (Å²) in [7, 11) is 0. The van der Waals surface area contributed by atoms with Gasteiger partial charge in [0.15, 0.2) is 0 Å². The second-order valence-electron chi connectivity index (χ2n) is 3.47. The van der Waals surface area contributed by atoms with Gasteiger partial charge in [-0.05, 0) is 31.0 Å². The molecule has 0 aliphatic heterocycles. The number of carboxylic acid groups (broad SMARTS) is 1. The standard InChI is InChI=1S/C12H14O3/c1-8-4-5-9(2)11(6-8)15-7-10(3)12(13)14/h4-6H,3,7H2,1-2H3,(H,13,14). The monoisotopic (exact) mass is 206 g/mol. The average molecular weight is 206 g/mol. The third-order valence-corrected chi connectivity index (χ3v) is 2.05. The van der Waals surface area contributed by atoms with E-state index >= 15 is 0 Å². The topological polar surface area (TPSA) is 46.5 Å². The minimum absolute atomic E-state index is 0.0135. The Morgan fingerprint density at radius 1 is 1.47 bits per heavy atom. The van der Waals surface area contributed by atoms with Gasteiger partial charge in [0.2, 0.25) is 0 Å². The summed E-state index contributed by atoms with van der Waals surface area (Å²) in [5, 5.41) is 8.60. The molecule has 0 aliphatic rings. The molecule has 0 heterocycles. The lowest BCUT2D eigenvalue weighted by Gasteiger charge is -2.09. The Kier molecular flexibility index (Phi) is 3.50. The van der Waals surface area contributed by atoms with Crippen LogP contribution in [-0.4, -0.2) is 17.7 Å². The second kappa shape index (κ2) is 4.64. The number of hydrogen-bond acceptors (Lipinski definition) is 2. The average Bonchev–Trinajstić information content (AvgIpc) is 2.18. The van der Waals surface area contributed by atoms with E-state index in [9.17, 15) is 4.79 Å². The molecular weight excluding hydrogens is 192 g/mol. The van der Waals surface area contributed by atoms with Crippen molar-refractivity contribution in [1.29, 1.82) is 0 Å². The Hall–Kier alpha value is -1.77. The fraction of sp³-hybridized carbons (Fsp3) is 0.250. The van der Waals surface area contributed by atoms with Crippen molar-refractivity contribution in [3.05, 3.63) is 41.5 Å². The Morgan fingerprint density at radius 2 is 2.13 bits per heavy atom. The molecular formula is C12H14O3. The lowest BCUT2D eigenvalue weighted by molar-refractivity contribution is -0.133. The van der Waals surface area contributed by atoms with Gasteiger partial charge < -0.3 is 9.84 Å². The third kappa shape index (κ3) is 3.13. The summed E-state index contributed by atoms with van der Waals surface area (Å²) in [5.74, 6) is -0.322. The van der Waals surface area contributed by atoms with E-state index in [4.69, 9.17) is 9.84 Å². The molecule has 0 saturated carbocycles. The zero-order valence-corrected chi connectivity index (χ0v) is 8.91. The highest BCUT2D eigenvalue weighted by Crippen LogP contribution is 2.19. The molecule has 1 aromatic rings. The minimum Gasteiger partial charge on any atom is -0.488 e.